The van der Waals surface area contributed by atoms with Crippen LogP contribution in [0.25, 0.3) is 0 Å². The maximum absolute atomic E-state index is 13.4. The molecule has 1 heterocycles. The van der Waals surface area contributed by atoms with E-state index in [-0.39, 0.29) is 16.7 Å². The van der Waals surface area contributed by atoms with Gasteiger partial charge in [-0.1, -0.05) is 56.5 Å². The third-order valence-electron chi connectivity index (χ3n) is 6.03. The highest BCUT2D eigenvalue weighted by molar-refractivity contribution is 6.11. The SMILES string of the molecule is CCCCCCOc1ccc(C(=O)c2c(C)c(C#N)c(=O)n(C(C)c3ccccc3)c2O)cc1. The molecule has 0 fully saturated rings. The van der Waals surface area contributed by atoms with Crippen molar-refractivity contribution in [1.82, 2.24) is 4.57 Å². The van der Waals surface area contributed by atoms with Crippen LogP contribution in [0, 0.1) is 18.3 Å². The number of ketones is 1. The third-order valence-corrected chi connectivity index (χ3v) is 6.03. The van der Waals surface area contributed by atoms with Crippen LogP contribution >= 0.6 is 0 Å². The number of aromatic nitrogens is 1. The first-order valence-corrected chi connectivity index (χ1v) is 11.6. The molecule has 0 saturated carbocycles. The normalized spacial score (nSPS) is 11.6. The summed E-state index contributed by atoms with van der Waals surface area (Å²) in [5.41, 5.74) is 0.438. The average molecular weight is 459 g/mol. The Bertz CT molecular complexity index is 1240. The van der Waals surface area contributed by atoms with Gasteiger partial charge in [0.25, 0.3) is 5.56 Å². The third kappa shape index (κ3) is 5.20. The average Bonchev–Trinajstić information content (AvgIpc) is 2.85. The van der Waals surface area contributed by atoms with Crippen molar-refractivity contribution in [2.24, 2.45) is 0 Å². The zero-order chi connectivity index (χ0) is 24.7. The minimum atomic E-state index is -0.628. The molecule has 6 heteroatoms. The molecular weight excluding hydrogens is 428 g/mol. The number of ether oxygens (including phenoxy) is 1. The van der Waals surface area contributed by atoms with E-state index in [1.165, 1.54) is 13.3 Å². The van der Waals surface area contributed by atoms with Crippen LogP contribution in [-0.2, 0) is 0 Å². The molecule has 0 amide bonds. The summed E-state index contributed by atoms with van der Waals surface area (Å²) in [6, 6.07) is 17.2. The lowest BCUT2D eigenvalue weighted by atomic mass is 9.96. The summed E-state index contributed by atoms with van der Waals surface area (Å²) in [6.07, 6.45) is 4.42. The molecule has 34 heavy (non-hydrogen) atoms. The molecule has 0 saturated heterocycles. The van der Waals surface area contributed by atoms with E-state index in [2.05, 4.69) is 6.92 Å². The molecule has 0 spiro atoms. The van der Waals surface area contributed by atoms with Gasteiger partial charge in [-0.05, 0) is 55.7 Å². The van der Waals surface area contributed by atoms with Gasteiger partial charge in [0.2, 0.25) is 5.88 Å². The molecule has 2 aromatic carbocycles. The fourth-order valence-corrected chi connectivity index (χ4v) is 4.00. The number of carbonyl (C=O) groups is 1. The van der Waals surface area contributed by atoms with Crippen LogP contribution in [0.2, 0.25) is 0 Å². The van der Waals surface area contributed by atoms with E-state index in [1.807, 2.05) is 36.4 Å². The molecule has 1 unspecified atom stereocenters. The van der Waals surface area contributed by atoms with Crippen molar-refractivity contribution in [2.45, 2.75) is 52.5 Å². The molecule has 1 aromatic heterocycles. The predicted octanol–water partition coefficient (Wildman–Crippen LogP) is 5.53. The summed E-state index contributed by atoms with van der Waals surface area (Å²) in [6.45, 7) is 6.02. The van der Waals surface area contributed by atoms with Crippen LogP contribution in [0.3, 0.4) is 0 Å². The molecule has 0 aliphatic carbocycles. The van der Waals surface area contributed by atoms with E-state index in [9.17, 15) is 20.0 Å². The van der Waals surface area contributed by atoms with Gasteiger partial charge in [0.1, 0.15) is 17.4 Å². The second kappa shape index (κ2) is 11.3. The molecule has 1 atom stereocenters. The van der Waals surface area contributed by atoms with E-state index in [0.29, 0.717) is 17.9 Å². The van der Waals surface area contributed by atoms with E-state index in [4.69, 9.17) is 4.74 Å². The fourth-order valence-electron chi connectivity index (χ4n) is 4.00. The van der Waals surface area contributed by atoms with Crippen molar-refractivity contribution in [1.29, 1.82) is 5.26 Å². The van der Waals surface area contributed by atoms with Crippen molar-refractivity contribution >= 4 is 5.78 Å². The maximum Gasteiger partial charge on any atom is 0.272 e. The van der Waals surface area contributed by atoms with Crippen molar-refractivity contribution in [3.8, 4) is 17.7 Å². The lowest BCUT2D eigenvalue weighted by molar-refractivity contribution is 0.103. The standard InChI is InChI=1S/C28H30N2O4/c1-4-5-6-10-17-34-23-15-13-22(14-16-23)26(31)25-19(2)24(18-29)27(32)30(28(25)33)20(3)21-11-8-7-9-12-21/h7-9,11-16,20,33H,4-6,10,17H2,1-3H3. The minimum absolute atomic E-state index is 0.0489. The Morgan fingerprint density at radius 3 is 2.38 bits per heavy atom. The van der Waals surface area contributed by atoms with E-state index < -0.39 is 23.3 Å². The molecule has 0 aliphatic heterocycles. The van der Waals surface area contributed by atoms with Gasteiger partial charge in [-0.2, -0.15) is 5.26 Å². The van der Waals surface area contributed by atoms with Crippen LogP contribution in [0.1, 0.15) is 78.2 Å². The Morgan fingerprint density at radius 2 is 1.76 bits per heavy atom. The second-order valence-electron chi connectivity index (χ2n) is 8.33. The quantitative estimate of drug-likeness (QED) is 0.318. The molecule has 0 aliphatic rings. The summed E-state index contributed by atoms with van der Waals surface area (Å²) in [4.78, 5) is 26.4. The van der Waals surface area contributed by atoms with Crippen molar-refractivity contribution < 1.29 is 14.6 Å². The second-order valence-corrected chi connectivity index (χ2v) is 8.33. The Balaban J connectivity index is 1.95. The number of hydrogen-bond donors (Lipinski definition) is 1. The molecule has 0 radical (unpaired) electrons. The van der Waals surface area contributed by atoms with Gasteiger partial charge in [0, 0.05) is 5.56 Å². The van der Waals surface area contributed by atoms with Gasteiger partial charge >= 0.3 is 0 Å². The molecule has 1 N–H and O–H groups in total. The summed E-state index contributed by atoms with van der Waals surface area (Å²) < 4.78 is 6.86. The van der Waals surface area contributed by atoms with Gasteiger partial charge in [-0.15, -0.1) is 0 Å². The first-order valence-electron chi connectivity index (χ1n) is 11.6. The van der Waals surface area contributed by atoms with Gasteiger partial charge in [-0.3, -0.25) is 14.2 Å². The van der Waals surface area contributed by atoms with Gasteiger partial charge in [0.05, 0.1) is 18.2 Å². The number of pyridine rings is 1. The van der Waals surface area contributed by atoms with Crippen molar-refractivity contribution in [2.75, 3.05) is 6.61 Å². The van der Waals surface area contributed by atoms with Gasteiger partial charge in [-0.25, -0.2) is 0 Å². The Morgan fingerprint density at radius 1 is 1.09 bits per heavy atom. The van der Waals surface area contributed by atoms with Crippen LogP contribution in [0.5, 0.6) is 11.6 Å². The maximum atomic E-state index is 13.4. The Labute approximate surface area is 200 Å². The highest BCUT2D eigenvalue weighted by atomic mass is 16.5. The number of hydrogen-bond acceptors (Lipinski definition) is 5. The van der Waals surface area contributed by atoms with Crippen molar-refractivity contribution in [3.05, 3.63) is 92.8 Å². The number of unbranched alkanes of at least 4 members (excludes halogenated alkanes) is 3. The molecule has 0 bridgehead atoms. The number of benzene rings is 2. The molecule has 3 rings (SSSR count). The molecular formula is C28H30N2O4. The van der Waals surface area contributed by atoms with Gasteiger partial charge in [0.15, 0.2) is 5.78 Å². The highest BCUT2D eigenvalue weighted by Crippen LogP contribution is 2.30. The van der Waals surface area contributed by atoms with E-state index >= 15 is 0 Å². The van der Waals surface area contributed by atoms with Crippen LogP contribution in [-0.4, -0.2) is 22.1 Å². The zero-order valence-corrected chi connectivity index (χ0v) is 19.9. The predicted molar refractivity (Wildman–Crippen MR) is 132 cm³/mol. The topological polar surface area (TPSA) is 92.3 Å². The number of rotatable bonds is 10. The van der Waals surface area contributed by atoms with Gasteiger partial charge < -0.3 is 9.84 Å². The summed E-state index contributed by atoms with van der Waals surface area (Å²) in [5.74, 6) is -0.247. The first kappa shape index (κ1) is 24.8. The zero-order valence-electron chi connectivity index (χ0n) is 19.9. The Hall–Kier alpha value is -3.85. The van der Waals surface area contributed by atoms with Crippen LogP contribution in [0.15, 0.2) is 59.4 Å². The molecule has 3 aromatic rings. The fraction of sp³-hybridized carbons (Fsp3) is 0.321. The highest BCUT2D eigenvalue weighted by Gasteiger charge is 2.27. The summed E-state index contributed by atoms with van der Waals surface area (Å²) >= 11 is 0. The van der Waals surface area contributed by atoms with Crippen LogP contribution < -0.4 is 10.3 Å². The molecule has 6 nitrogen and oxygen atoms in total. The largest absolute Gasteiger partial charge is 0.494 e. The number of aromatic hydroxyl groups is 1. The summed E-state index contributed by atoms with van der Waals surface area (Å²) in [7, 11) is 0. The minimum Gasteiger partial charge on any atom is -0.494 e. The molecule has 176 valence electrons. The number of nitrogens with zero attached hydrogens (tertiary/aromatic N) is 2. The number of carbonyl (C=O) groups excluding carboxylic acids is 1. The monoisotopic (exact) mass is 458 g/mol. The van der Waals surface area contributed by atoms with E-state index in [1.54, 1.807) is 31.2 Å². The number of nitriles is 1. The van der Waals surface area contributed by atoms with Crippen LogP contribution in [0.4, 0.5) is 0 Å². The Kier molecular flexibility index (Phi) is 8.26. The van der Waals surface area contributed by atoms with Crippen molar-refractivity contribution in [3.63, 3.8) is 0 Å². The summed E-state index contributed by atoms with van der Waals surface area (Å²) in [5, 5.41) is 20.7. The lowest BCUT2D eigenvalue weighted by Crippen LogP contribution is -2.29. The lowest BCUT2D eigenvalue weighted by Gasteiger charge is -2.21. The first-order chi connectivity index (χ1) is 16.4. The van der Waals surface area contributed by atoms with E-state index in [0.717, 1.165) is 29.4 Å². The smallest absolute Gasteiger partial charge is 0.272 e.